The zero-order valence-electron chi connectivity index (χ0n) is 24.2. The van der Waals surface area contributed by atoms with Crippen molar-refractivity contribution in [1.82, 2.24) is 14.9 Å². The summed E-state index contributed by atoms with van der Waals surface area (Å²) in [6.07, 6.45) is -1.58. The maximum Gasteiger partial charge on any atom is 0.405 e. The molecule has 3 N–H and O–H groups in total. The summed E-state index contributed by atoms with van der Waals surface area (Å²) in [5.74, 6) is 0.674. The Bertz CT molecular complexity index is 1770. The molecular weight excluding hydrogens is 558 g/mol. The lowest BCUT2D eigenvalue weighted by Crippen LogP contribution is -2.45. The van der Waals surface area contributed by atoms with E-state index in [-0.39, 0.29) is 24.8 Å². The smallest absolute Gasteiger partial charge is 0.405 e. The fraction of sp³-hybridized carbons (Fsp3) is 0.212. The maximum atomic E-state index is 13.7. The van der Waals surface area contributed by atoms with Gasteiger partial charge in [0.25, 0.3) is 5.91 Å². The number of amides is 2. The van der Waals surface area contributed by atoms with E-state index in [1.807, 2.05) is 44.2 Å². The van der Waals surface area contributed by atoms with Crippen molar-refractivity contribution in [3.63, 3.8) is 0 Å². The number of hydrogen-bond donors (Lipinski definition) is 2. The number of nitrogens with zero attached hydrogens (tertiary/aromatic N) is 5. The van der Waals surface area contributed by atoms with Crippen molar-refractivity contribution >= 4 is 23.6 Å². The van der Waals surface area contributed by atoms with Gasteiger partial charge in [-0.3, -0.25) is 4.79 Å². The lowest BCUT2D eigenvalue weighted by molar-refractivity contribution is -0.141. The zero-order chi connectivity index (χ0) is 31.2. The maximum absolute atomic E-state index is 13.7. The van der Waals surface area contributed by atoms with Crippen molar-refractivity contribution < 1.29 is 19.1 Å². The van der Waals surface area contributed by atoms with Gasteiger partial charge < -0.3 is 25.4 Å². The summed E-state index contributed by atoms with van der Waals surface area (Å²) in [7, 11) is 0. The number of nitriles is 2. The van der Waals surface area contributed by atoms with Gasteiger partial charge in [-0.15, -0.1) is 0 Å². The molecule has 2 amide bonds. The molecule has 1 unspecified atom stereocenters. The van der Waals surface area contributed by atoms with Crippen molar-refractivity contribution in [2.75, 3.05) is 11.9 Å². The van der Waals surface area contributed by atoms with Gasteiger partial charge >= 0.3 is 6.09 Å². The summed E-state index contributed by atoms with van der Waals surface area (Å²) in [4.78, 5) is 36.4. The van der Waals surface area contributed by atoms with Crippen molar-refractivity contribution in [2.45, 2.75) is 39.3 Å². The molecule has 0 saturated carbocycles. The molecule has 1 aromatic heterocycles. The van der Waals surface area contributed by atoms with Gasteiger partial charge in [0, 0.05) is 25.1 Å². The minimum atomic E-state index is -1.11. The molecule has 1 aliphatic rings. The number of primary amides is 1. The van der Waals surface area contributed by atoms with E-state index in [1.54, 1.807) is 41.3 Å². The van der Waals surface area contributed by atoms with Gasteiger partial charge in [0.05, 0.1) is 41.1 Å². The first-order valence-electron chi connectivity index (χ1n) is 13.9. The number of ether oxygens (including phenoxy) is 2. The summed E-state index contributed by atoms with van der Waals surface area (Å²) < 4.78 is 11.7. The number of rotatable bonds is 8. The molecule has 1 aliphatic heterocycles. The predicted molar refractivity (Wildman–Crippen MR) is 161 cm³/mol. The second-order valence-corrected chi connectivity index (χ2v) is 10.4. The summed E-state index contributed by atoms with van der Waals surface area (Å²) in [5.41, 5.74) is 10.7. The molecule has 0 saturated heterocycles. The van der Waals surface area contributed by atoms with Crippen molar-refractivity contribution in [2.24, 2.45) is 5.73 Å². The molecule has 44 heavy (non-hydrogen) atoms. The average molecular weight is 588 g/mol. The number of fused-ring (bicyclic) bond motifs is 1. The minimum Gasteiger partial charge on any atom is -0.438 e. The van der Waals surface area contributed by atoms with Gasteiger partial charge in [0.1, 0.15) is 5.75 Å². The Hall–Kier alpha value is -5.94. The number of nitrogens with two attached hydrogens (primary N) is 1. The minimum absolute atomic E-state index is 0.114. The number of benzene rings is 3. The highest BCUT2D eigenvalue weighted by atomic mass is 16.6. The van der Waals surface area contributed by atoms with Crippen molar-refractivity contribution in [3.8, 4) is 23.8 Å². The molecule has 2 heterocycles. The topological polar surface area (TPSA) is 167 Å². The first kappa shape index (κ1) is 29.5. The predicted octanol–water partition coefficient (Wildman–Crippen LogP) is 4.96. The largest absolute Gasteiger partial charge is 0.438 e. The van der Waals surface area contributed by atoms with Crippen LogP contribution in [0.3, 0.4) is 0 Å². The zero-order valence-corrected chi connectivity index (χ0v) is 24.2. The van der Waals surface area contributed by atoms with Gasteiger partial charge in [0.2, 0.25) is 11.8 Å². The van der Waals surface area contributed by atoms with Crippen molar-refractivity contribution in [3.05, 3.63) is 106 Å². The van der Waals surface area contributed by atoms with Crippen LogP contribution in [0.1, 0.15) is 39.1 Å². The Kier molecular flexibility index (Phi) is 8.68. The molecule has 0 aliphatic carbocycles. The van der Waals surface area contributed by atoms with Crippen LogP contribution in [0.15, 0.2) is 66.7 Å². The van der Waals surface area contributed by atoms with Crippen molar-refractivity contribution in [1.29, 1.82) is 10.5 Å². The van der Waals surface area contributed by atoms with E-state index in [0.717, 1.165) is 16.7 Å². The van der Waals surface area contributed by atoms with Gasteiger partial charge in [-0.2, -0.15) is 15.5 Å². The van der Waals surface area contributed by atoms with E-state index in [0.29, 0.717) is 46.8 Å². The van der Waals surface area contributed by atoms with E-state index in [4.69, 9.17) is 25.5 Å². The van der Waals surface area contributed by atoms with Gasteiger partial charge in [-0.25, -0.2) is 9.78 Å². The number of nitrogens with one attached hydrogen (secondary N) is 1. The van der Waals surface area contributed by atoms with E-state index in [9.17, 15) is 14.9 Å². The normalized spacial score (nSPS) is 12.7. The Morgan fingerprint density at radius 3 is 2.32 bits per heavy atom. The van der Waals surface area contributed by atoms with Crippen LogP contribution in [0, 0.1) is 36.5 Å². The van der Waals surface area contributed by atoms with E-state index < -0.39 is 18.1 Å². The number of carbonyl (C=O) groups is 2. The molecule has 220 valence electrons. The molecule has 1 atom stereocenters. The highest BCUT2D eigenvalue weighted by molar-refractivity contribution is 5.84. The van der Waals surface area contributed by atoms with E-state index >= 15 is 0 Å². The number of anilines is 2. The quantitative estimate of drug-likeness (QED) is 0.289. The second kappa shape index (κ2) is 12.9. The van der Waals surface area contributed by atoms with Gasteiger partial charge in [-0.1, -0.05) is 30.3 Å². The van der Waals surface area contributed by atoms with E-state index in [2.05, 4.69) is 22.4 Å². The molecule has 5 rings (SSSR count). The summed E-state index contributed by atoms with van der Waals surface area (Å²) in [6, 6.07) is 23.8. The fourth-order valence-corrected chi connectivity index (χ4v) is 5.09. The van der Waals surface area contributed by atoms with Crippen LogP contribution in [0.25, 0.3) is 0 Å². The van der Waals surface area contributed by atoms with Crippen LogP contribution in [-0.4, -0.2) is 39.5 Å². The van der Waals surface area contributed by atoms with Gasteiger partial charge in [0.15, 0.2) is 6.10 Å². The van der Waals surface area contributed by atoms with Crippen LogP contribution in [0.4, 0.5) is 16.4 Å². The van der Waals surface area contributed by atoms with E-state index in [1.165, 1.54) is 0 Å². The SMILES string of the molecule is Cc1cc(C#N)cc(C)c1Oc1nc(Nc2ccc(C#N)cc2)nc2c1CN(C(=O)C(Cc1ccccc1)OC(N)=O)CC2. The molecule has 0 fully saturated rings. The molecule has 11 nitrogen and oxygen atoms in total. The Balaban J connectivity index is 1.49. The second-order valence-electron chi connectivity index (χ2n) is 10.4. The Morgan fingerprint density at radius 1 is 1.00 bits per heavy atom. The summed E-state index contributed by atoms with van der Waals surface area (Å²) in [6.45, 7) is 4.12. The highest BCUT2D eigenvalue weighted by Crippen LogP contribution is 2.35. The van der Waals surface area contributed by atoms with Crippen LogP contribution in [0.2, 0.25) is 0 Å². The third kappa shape index (κ3) is 6.75. The molecule has 0 radical (unpaired) electrons. The molecule has 0 bridgehead atoms. The molecular formula is C33H29N7O4. The first-order valence-corrected chi connectivity index (χ1v) is 13.9. The van der Waals surface area contributed by atoms with Crippen LogP contribution < -0.4 is 15.8 Å². The summed E-state index contributed by atoms with van der Waals surface area (Å²) in [5, 5.41) is 21.7. The molecule has 11 heteroatoms. The standard InChI is InChI=1S/C33H29N7O4/c1-20-14-24(18-35)15-21(2)29(20)44-30-26-19-40(31(41)28(43-32(36)42)16-22-6-4-3-5-7-22)13-12-27(26)38-33(39-30)37-25-10-8-23(17-34)9-11-25/h3-11,14-15,28H,12-13,16,19H2,1-2H3,(H2,36,42)(H,37,38,39). The van der Waals surface area contributed by atoms with Crippen LogP contribution in [-0.2, 0) is 28.9 Å². The monoisotopic (exact) mass is 587 g/mol. The molecule has 0 spiro atoms. The molecule has 3 aromatic carbocycles. The average Bonchev–Trinajstić information content (AvgIpc) is 3.02. The Morgan fingerprint density at radius 2 is 1.68 bits per heavy atom. The van der Waals surface area contributed by atoms with Crippen LogP contribution in [0.5, 0.6) is 11.6 Å². The van der Waals surface area contributed by atoms with Gasteiger partial charge in [-0.05, 0) is 66.9 Å². The lowest BCUT2D eigenvalue weighted by atomic mass is 10.0. The number of carbonyl (C=O) groups excluding carboxylic acids is 2. The van der Waals surface area contributed by atoms with Crippen LogP contribution >= 0.6 is 0 Å². The highest BCUT2D eigenvalue weighted by Gasteiger charge is 2.33. The fourth-order valence-electron chi connectivity index (χ4n) is 5.09. The lowest BCUT2D eigenvalue weighted by Gasteiger charge is -2.32. The first-order chi connectivity index (χ1) is 21.2. The summed E-state index contributed by atoms with van der Waals surface area (Å²) >= 11 is 0. The third-order valence-corrected chi connectivity index (χ3v) is 7.19. The third-order valence-electron chi connectivity index (χ3n) is 7.19. The number of aromatic nitrogens is 2. The number of aryl methyl sites for hydroxylation is 2. The number of hydrogen-bond acceptors (Lipinski definition) is 9. The Labute approximate surface area is 254 Å². The molecule has 4 aromatic rings.